The van der Waals surface area contributed by atoms with Crippen molar-refractivity contribution in [1.29, 1.82) is 0 Å². The smallest absolute Gasteiger partial charge is 0.115 e. The Morgan fingerprint density at radius 1 is 1.67 bits per heavy atom. The van der Waals surface area contributed by atoms with Crippen LogP contribution in [0.2, 0.25) is 5.02 Å². The van der Waals surface area contributed by atoms with Crippen molar-refractivity contribution in [2.24, 2.45) is 0 Å². The third kappa shape index (κ3) is 1.39. The van der Waals surface area contributed by atoms with Gasteiger partial charge in [-0.1, -0.05) is 18.5 Å². The number of aryl methyl sites for hydroxylation is 1. The molecule has 0 aliphatic rings. The summed E-state index contributed by atoms with van der Waals surface area (Å²) in [5.74, 6) is 0. The van der Waals surface area contributed by atoms with Gasteiger partial charge in [-0.05, 0) is 6.42 Å². The van der Waals surface area contributed by atoms with Crippen molar-refractivity contribution in [1.82, 2.24) is 9.97 Å². The number of hydrogen-bond acceptors (Lipinski definition) is 2. The molecule has 0 unspecified atom stereocenters. The summed E-state index contributed by atoms with van der Waals surface area (Å²) in [7, 11) is 0. The molecule has 0 fully saturated rings. The SMILES string of the molecule is CCc1ncncc1Cl. The summed E-state index contributed by atoms with van der Waals surface area (Å²) in [4.78, 5) is 7.70. The third-order valence-electron chi connectivity index (χ3n) is 1.08. The van der Waals surface area contributed by atoms with Gasteiger partial charge in [-0.15, -0.1) is 0 Å². The summed E-state index contributed by atoms with van der Waals surface area (Å²) in [6.45, 7) is 2.01. The van der Waals surface area contributed by atoms with E-state index in [-0.39, 0.29) is 0 Å². The molecule has 0 bridgehead atoms. The molecule has 3 heteroatoms. The van der Waals surface area contributed by atoms with Crippen LogP contribution < -0.4 is 0 Å². The minimum Gasteiger partial charge on any atom is -0.243 e. The van der Waals surface area contributed by atoms with E-state index in [1.54, 1.807) is 6.20 Å². The molecule has 0 N–H and O–H groups in total. The van der Waals surface area contributed by atoms with Crippen LogP contribution in [0.3, 0.4) is 0 Å². The minimum atomic E-state index is 0.653. The fraction of sp³-hybridized carbons (Fsp3) is 0.333. The molecule has 9 heavy (non-hydrogen) atoms. The van der Waals surface area contributed by atoms with Crippen LogP contribution in [0.4, 0.5) is 0 Å². The number of halogens is 1. The van der Waals surface area contributed by atoms with E-state index in [0.717, 1.165) is 12.1 Å². The van der Waals surface area contributed by atoms with Crippen molar-refractivity contribution in [2.75, 3.05) is 0 Å². The first-order chi connectivity index (χ1) is 4.34. The molecule has 1 rings (SSSR count). The molecule has 0 aliphatic carbocycles. The van der Waals surface area contributed by atoms with E-state index in [1.807, 2.05) is 6.92 Å². The van der Waals surface area contributed by atoms with Gasteiger partial charge in [-0.2, -0.15) is 0 Å². The van der Waals surface area contributed by atoms with Crippen LogP contribution in [0.25, 0.3) is 0 Å². The van der Waals surface area contributed by atoms with Crippen molar-refractivity contribution < 1.29 is 0 Å². The van der Waals surface area contributed by atoms with Crippen molar-refractivity contribution in [3.8, 4) is 0 Å². The van der Waals surface area contributed by atoms with Gasteiger partial charge in [-0.3, -0.25) is 0 Å². The molecular formula is C6H7ClN2. The van der Waals surface area contributed by atoms with Gasteiger partial charge in [0.1, 0.15) is 6.33 Å². The van der Waals surface area contributed by atoms with Gasteiger partial charge in [-0.25, -0.2) is 9.97 Å². The summed E-state index contributed by atoms with van der Waals surface area (Å²) in [5, 5.41) is 0.653. The lowest BCUT2D eigenvalue weighted by Crippen LogP contribution is -1.87. The maximum Gasteiger partial charge on any atom is 0.115 e. The van der Waals surface area contributed by atoms with Crippen LogP contribution in [0.15, 0.2) is 12.5 Å². The zero-order chi connectivity index (χ0) is 6.69. The molecule has 1 heterocycles. The number of aromatic nitrogens is 2. The molecule has 0 aliphatic heterocycles. The van der Waals surface area contributed by atoms with Crippen LogP contribution >= 0.6 is 11.6 Å². The zero-order valence-corrected chi connectivity index (χ0v) is 5.89. The second-order valence-corrected chi connectivity index (χ2v) is 2.08. The van der Waals surface area contributed by atoms with Gasteiger partial charge >= 0.3 is 0 Å². The van der Waals surface area contributed by atoms with Crippen LogP contribution in [0.1, 0.15) is 12.6 Å². The molecule has 0 spiro atoms. The summed E-state index contributed by atoms with van der Waals surface area (Å²) in [5.41, 5.74) is 0.909. The minimum absolute atomic E-state index is 0.653. The van der Waals surface area contributed by atoms with Crippen molar-refractivity contribution in [3.05, 3.63) is 23.2 Å². The first-order valence-electron chi connectivity index (χ1n) is 2.79. The summed E-state index contributed by atoms with van der Waals surface area (Å²) >= 11 is 5.70. The fourth-order valence-electron chi connectivity index (χ4n) is 0.598. The average molecular weight is 143 g/mol. The Kier molecular flexibility index (Phi) is 2.01. The van der Waals surface area contributed by atoms with E-state index in [1.165, 1.54) is 6.33 Å². The highest BCUT2D eigenvalue weighted by atomic mass is 35.5. The summed E-state index contributed by atoms with van der Waals surface area (Å²) in [6.07, 6.45) is 3.97. The van der Waals surface area contributed by atoms with Gasteiger partial charge in [0.05, 0.1) is 10.7 Å². The molecule has 0 saturated carbocycles. The molecule has 1 aromatic rings. The normalized spacial score (nSPS) is 9.56. The molecule has 0 radical (unpaired) electrons. The summed E-state index contributed by atoms with van der Waals surface area (Å²) < 4.78 is 0. The average Bonchev–Trinajstić information content (AvgIpc) is 1.89. The van der Waals surface area contributed by atoms with E-state index in [2.05, 4.69) is 9.97 Å². The largest absolute Gasteiger partial charge is 0.243 e. The maximum absolute atomic E-state index is 5.70. The standard InChI is InChI=1S/C6H7ClN2/c1-2-6-5(7)3-8-4-9-6/h3-4H,2H2,1H3. The molecule has 0 aromatic carbocycles. The predicted molar refractivity (Wildman–Crippen MR) is 36.4 cm³/mol. The molecule has 0 atom stereocenters. The van der Waals surface area contributed by atoms with Gasteiger partial charge in [0.2, 0.25) is 0 Å². The van der Waals surface area contributed by atoms with Gasteiger partial charge < -0.3 is 0 Å². The van der Waals surface area contributed by atoms with Crippen LogP contribution in [0.5, 0.6) is 0 Å². The van der Waals surface area contributed by atoms with Crippen LogP contribution in [0, 0.1) is 0 Å². The van der Waals surface area contributed by atoms with Crippen LogP contribution in [-0.4, -0.2) is 9.97 Å². The molecule has 2 nitrogen and oxygen atoms in total. The lowest BCUT2D eigenvalue weighted by atomic mass is 10.3. The first kappa shape index (κ1) is 6.49. The van der Waals surface area contributed by atoms with Gasteiger partial charge in [0.25, 0.3) is 0 Å². The monoisotopic (exact) mass is 142 g/mol. The number of rotatable bonds is 1. The predicted octanol–water partition coefficient (Wildman–Crippen LogP) is 1.69. The second-order valence-electron chi connectivity index (χ2n) is 1.67. The van der Waals surface area contributed by atoms with E-state index in [4.69, 9.17) is 11.6 Å². The molecule has 48 valence electrons. The molecule has 0 amide bonds. The Bertz CT molecular complexity index is 200. The molecule has 1 aromatic heterocycles. The highest BCUT2D eigenvalue weighted by molar-refractivity contribution is 6.31. The quantitative estimate of drug-likeness (QED) is 0.597. The zero-order valence-electron chi connectivity index (χ0n) is 5.13. The van der Waals surface area contributed by atoms with E-state index < -0.39 is 0 Å². The number of hydrogen-bond donors (Lipinski definition) is 0. The Hall–Kier alpha value is -0.630. The maximum atomic E-state index is 5.70. The molecule has 0 saturated heterocycles. The fourth-order valence-corrected chi connectivity index (χ4v) is 0.837. The van der Waals surface area contributed by atoms with Crippen molar-refractivity contribution >= 4 is 11.6 Å². The van der Waals surface area contributed by atoms with Gasteiger partial charge in [0.15, 0.2) is 0 Å². The highest BCUT2D eigenvalue weighted by Crippen LogP contribution is 2.09. The van der Waals surface area contributed by atoms with Crippen molar-refractivity contribution in [2.45, 2.75) is 13.3 Å². The topological polar surface area (TPSA) is 25.8 Å². The first-order valence-corrected chi connectivity index (χ1v) is 3.16. The van der Waals surface area contributed by atoms with E-state index >= 15 is 0 Å². The lowest BCUT2D eigenvalue weighted by Gasteiger charge is -1.94. The Labute approximate surface area is 58.9 Å². The Morgan fingerprint density at radius 2 is 2.44 bits per heavy atom. The van der Waals surface area contributed by atoms with Crippen molar-refractivity contribution in [3.63, 3.8) is 0 Å². The number of nitrogens with zero attached hydrogens (tertiary/aromatic N) is 2. The third-order valence-corrected chi connectivity index (χ3v) is 1.39. The second kappa shape index (κ2) is 2.78. The van der Waals surface area contributed by atoms with Gasteiger partial charge in [0, 0.05) is 6.20 Å². The van der Waals surface area contributed by atoms with E-state index in [9.17, 15) is 0 Å². The molecular weight excluding hydrogens is 136 g/mol. The Morgan fingerprint density at radius 3 is 2.89 bits per heavy atom. The highest BCUT2D eigenvalue weighted by Gasteiger charge is 1.94. The van der Waals surface area contributed by atoms with E-state index in [0.29, 0.717) is 5.02 Å². The lowest BCUT2D eigenvalue weighted by molar-refractivity contribution is 0.998. The Balaban J connectivity index is 3.01. The summed E-state index contributed by atoms with van der Waals surface area (Å²) in [6, 6.07) is 0. The van der Waals surface area contributed by atoms with Crippen LogP contribution in [-0.2, 0) is 6.42 Å².